The number of ether oxygens (including phenoxy) is 3. The van der Waals surface area contributed by atoms with Crippen molar-refractivity contribution >= 4 is 0 Å². The zero-order chi connectivity index (χ0) is 18.1. The molecule has 0 heterocycles. The van der Waals surface area contributed by atoms with Gasteiger partial charge < -0.3 is 25.1 Å². The zero-order valence-corrected chi connectivity index (χ0v) is 14.5. The Morgan fingerprint density at radius 2 is 1.80 bits per heavy atom. The van der Waals surface area contributed by atoms with Gasteiger partial charge in [-0.3, -0.25) is 4.79 Å². The maximum atomic E-state index is 12.1. The monoisotopic (exact) mass is 343 g/mol. The molecule has 2 aromatic carbocycles. The van der Waals surface area contributed by atoms with Crippen molar-refractivity contribution in [3.05, 3.63) is 45.6 Å². The minimum atomic E-state index is -0.459. The van der Waals surface area contributed by atoms with E-state index in [1.165, 1.54) is 12.1 Å². The lowest BCUT2D eigenvalue weighted by atomic mass is 9.95. The van der Waals surface area contributed by atoms with E-state index in [0.717, 1.165) is 16.7 Å². The van der Waals surface area contributed by atoms with Gasteiger partial charge in [-0.1, -0.05) is 6.07 Å². The minimum Gasteiger partial charge on any atom is -0.504 e. The fourth-order valence-electron chi connectivity index (χ4n) is 3.33. The third-order valence-corrected chi connectivity index (χ3v) is 4.56. The molecule has 132 valence electrons. The number of benzene rings is 1. The van der Waals surface area contributed by atoms with Gasteiger partial charge in [-0.15, -0.1) is 0 Å². The number of nitrogens with two attached hydrogens (primary N) is 1. The summed E-state index contributed by atoms with van der Waals surface area (Å²) in [6, 6.07) is 6.07. The Labute approximate surface area is 145 Å². The molecule has 3 rings (SSSR count). The Hall–Kier alpha value is -2.73. The van der Waals surface area contributed by atoms with Gasteiger partial charge in [0.2, 0.25) is 11.2 Å². The first-order valence-corrected chi connectivity index (χ1v) is 7.96. The molecular weight excluding hydrogens is 322 g/mol. The maximum absolute atomic E-state index is 12.1. The molecule has 1 atom stereocenters. The van der Waals surface area contributed by atoms with Crippen LogP contribution in [0.1, 0.15) is 23.6 Å². The summed E-state index contributed by atoms with van der Waals surface area (Å²) in [5.41, 5.74) is 9.06. The van der Waals surface area contributed by atoms with E-state index in [0.29, 0.717) is 35.7 Å². The average Bonchev–Trinajstić information content (AvgIpc) is 2.84. The van der Waals surface area contributed by atoms with Crippen molar-refractivity contribution in [1.29, 1.82) is 0 Å². The number of hydrogen-bond acceptors (Lipinski definition) is 6. The lowest BCUT2D eigenvalue weighted by Gasteiger charge is -2.19. The molecular formula is C19H21NO5. The van der Waals surface area contributed by atoms with Gasteiger partial charge in [0.05, 0.1) is 21.3 Å². The average molecular weight is 343 g/mol. The highest BCUT2D eigenvalue weighted by atomic mass is 16.5. The Morgan fingerprint density at radius 1 is 1.08 bits per heavy atom. The van der Waals surface area contributed by atoms with Crippen LogP contribution in [-0.4, -0.2) is 26.4 Å². The van der Waals surface area contributed by atoms with E-state index in [4.69, 9.17) is 19.9 Å². The van der Waals surface area contributed by atoms with Crippen molar-refractivity contribution in [3.63, 3.8) is 0 Å². The van der Waals surface area contributed by atoms with Gasteiger partial charge in [-0.2, -0.15) is 0 Å². The van der Waals surface area contributed by atoms with Gasteiger partial charge in [0.15, 0.2) is 17.2 Å². The molecule has 1 unspecified atom stereocenters. The SMILES string of the molecule is COc1cc2c(c(OC)c1OC)-c1ccc(O)c(=O)cc1C(N)CC2. The van der Waals surface area contributed by atoms with Crippen LogP contribution >= 0.6 is 0 Å². The molecule has 0 radical (unpaired) electrons. The molecule has 1 aliphatic carbocycles. The largest absolute Gasteiger partial charge is 0.504 e. The summed E-state index contributed by atoms with van der Waals surface area (Å²) >= 11 is 0. The number of hydrogen-bond donors (Lipinski definition) is 2. The van der Waals surface area contributed by atoms with Crippen LogP contribution < -0.4 is 25.4 Å². The van der Waals surface area contributed by atoms with Crippen molar-refractivity contribution in [3.8, 4) is 34.1 Å². The van der Waals surface area contributed by atoms with E-state index in [-0.39, 0.29) is 11.8 Å². The van der Waals surface area contributed by atoms with Crippen LogP contribution in [0.2, 0.25) is 0 Å². The van der Waals surface area contributed by atoms with Crippen molar-refractivity contribution in [2.75, 3.05) is 21.3 Å². The van der Waals surface area contributed by atoms with Gasteiger partial charge in [0, 0.05) is 11.6 Å². The second kappa shape index (κ2) is 6.64. The second-order valence-corrected chi connectivity index (χ2v) is 5.92. The number of rotatable bonds is 3. The molecule has 1 aliphatic rings. The van der Waals surface area contributed by atoms with Gasteiger partial charge in [0.1, 0.15) is 0 Å². The molecule has 6 nitrogen and oxygen atoms in total. The van der Waals surface area contributed by atoms with Crippen molar-refractivity contribution < 1.29 is 19.3 Å². The lowest BCUT2D eigenvalue weighted by Crippen LogP contribution is -2.11. The van der Waals surface area contributed by atoms with Crippen LogP contribution in [-0.2, 0) is 6.42 Å². The van der Waals surface area contributed by atoms with Crippen LogP contribution in [0.5, 0.6) is 23.0 Å². The molecule has 0 saturated carbocycles. The predicted octanol–water partition coefficient (Wildman–Crippen LogP) is 2.39. The van der Waals surface area contributed by atoms with Gasteiger partial charge in [-0.25, -0.2) is 0 Å². The topological polar surface area (TPSA) is 91.0 Å². The zero-order valence-electron chi connectivity index (χ0n) is 14.5. The van der Waals surface area contributed by atoms with Crippen LogP contribution in [0, 0.1) is 0 Å². The Bertz CT molecular complexity index is 879. The van der Waals surface area contributed by atoms with Crippen LogP contribution in [0.25, 0.3) is 11.1 Å². The number of aryl methyl sites for hydroxylation is 1. The van der Waals surface area contributed by atoms with Crippen LogP contribution in [0.4, 0.5) is 0 Å². The fourth-order valence-corrected chi connectivity index (χ4v) is 3.33. The maximum Gasteiger partial charge on any atom is 0.220 e. The molecule has 0 fully saturated rings. The summed E-state index contributed by atoms with van der Waals surface area (Å²) in [6.07, 6.45) is 1.36. The summed E-state index contributed by atoms with van der Waals surface area (Å²) in [5.74, 6) is 1.25. The number of fused-ring (bicyclic) bond motifs is 3. The molecule has 0 saturated heterocycles. The Morgan fingerprint density at radius 3 is 2.44 bits per heavy atom. The molecule has 6 heteroatoms. The van der Waals surface area contributed by atoms with Crippen molar-refractivity contribution in [1.82, 2.24) is 0 Å². The molecule has 2 aromatic rings. The summed E-state index contributed by atoms with van der Waals surface area (Å²) < 4.78 is 16.5. The summed E-state index contributed by atoms with van der Waals surface area (Å²) in [7, 11) is 4.67. The fraction of sp³-hybridized carbons (Fsp3) is 0.316. The van der Waals surface area contributed by atoms with E-state index >= 15 is 0 Å². The number of methoxy groups -OCH3 is 3. The molecule has 25 heavy (non-hydrogen) atoms. The number of aromatic hydroxyl groups is 1. The van der Waals surface area contributed by atoms with E-state index in [9.17, 15) is 9.90 Å². The van der Waals surface area contributed by atoms with E-state index in [1.54, 1.807) is 27.4 Å². The predicted molar refractivity (Wildman–Crippen MR) is 94.7 cm³/mol. The highest BCUT2D eigenvalue weighted by Crippen LogP contribution is 2.49. The van der Waals surface area contributed by atoms with Gasteiger partial charge >= 0.3 is 0 Å². The van der Waals surface area contributed by atoms with E-state index < -0.39 is 5.43 Å². The smallest absolute Gasteiger partial charge is 0.220 e. The van der Waals surface area contributed by atoms with Crippen LogP contribution in [0.15, 0.2) is 29.1 Å². The lowest BCUT2D eigenvalue weighted by molar-refractivity contribution is 0.324. The first-order chi connectivity index (χ1) is 12.0. The standard InChI is InChI=1S/C19H21NO5/c1-23-16-8-10-4-6-13(20)12-9-15(22)14(21)7-5-11(12)17(10)19(25-3)18(16)24-2/h5,7-9,13H,4,6,20H2,1-3H3,(H,21,22). The highest BCUT2D eigenvalue weighted by Gasteiger charge is 2.27. The normalized spacial score (nSPS) is 15.6. The highest BCUT2D eigenvalue weighted by molar-refractivity contribution is 5.82. The molecule has 0 amide bonds. The third kappa shape index (κ3) is 2.78. The van der Waals surface area contributed by atoms with Crippen LogP contribution in [0.3, 0.4) is 0 Å². The molecule has 0 bridgehead atoms. The van der Waals surface area contributed by atoms with E-state index in [1.807, 2.05) is 6.07 Å². The summed E-state index contributed by atoms with van der Waals surface area (Å²) in [6.45, 7) is 0. The Balaban J connectivity index is 2.45. The summed E-state index contributed by atoms with van der Waals surface area (Å²) in [4.78, 5) is 12.1. The van der Waals surface area contributed by atoms with Crippen molar-refractivity contribution in [2.45, 2.75) is 18.9 Å². The quantitative estimate of drug-likeness (QED) is 0.889. The van der Waals surface area contributed by atoms with Gasteiger partial charge in [0.25, 0.3) is 0 Å². The Kier molecular flexibility index (Phi) is 4.55. The molecule has 0 aliphatic heterocycles. The first kappa shape index (κ1) is 17.1. The molecule has 0 spiro atoms. The first-order valence-electron chi connectivity index (χ1n) is 7.96. The molecule has 3 N–H and O–H groups in total. The van der Waals surface area contributed by atoms with E-state index in [2.05, 4.69) is 0 Å². The second-order valence-electron chi connectivity index (χ2n) is 5.92. The minimum absolute atomic E-state index is 0.318. The van der Waals surface area contributed by atoms with Crippen molar-refractivity contribution in [2.24, 2.45) is 5.73 Å². The third-order valence-electron chi connectivity index (χ3n) is 4.56. The molecule has 0 aromatic heterocycles. The van der Waals surface area contributed by atoms with Gasteiger partial charge in [-0.05, 0) is 47.7 Å². The summed E-state index contributed by atoms with van der Waals surface area (Å²) in [5, 5.41) is 9.82.